The van der Waals surface area contributed by atoms with Crippen LogP contribution in [0, 0.1) is 6.92 Å². The Morgan fingerprint density at radius 2 is 1.81 bits per heavy atom. The van der Waals surface area contributed by atoms with Gasteiger partial charge in [-0.15, -0.1) is 0 Å². The Morgan fingerprint density at radius 1 is 1.06 bits per heavy atom. The first-order chi connectivity index (χ1) is 15.0. The number of nitrogens with one attached hydrogen (secondary N) is 1. The summed E-state index contributed by atoms with van der Waals surface area (Å²) in [6, 6.07) is 15.4. The van der Waals surface area contributed by atoms with E-state index in [-0.39, 0.29) is 12.4 Å². The zero-order valence-corrected chi connectivity index (χ0v) is 18.2. The molecule has 0 amide bonds. The van der Waals surface area contributed by atoms with Crippen LogP contribution < -0.4 is 10.1 Å². The smallest absolute Gasteiger partial charge is 0.337 e. The number of ketones is 1. The van der Waals surface area contributed by atoms with Gasteiger partial charge in [0.1, 0.15) is 12.4 Å². The standard InChI is InChI=1S/C26H27NO4/c1-16-7-4-5-8-20(16)24-23(17(2)27-21-9-6-10-22(28)25(21)24)26(29)31-15-18-11-13-19(30-3)14-12-18/h4-5,7-8,11-14,24,27H,6,9-10,15H2,1-3H3/t24-/m1/s1. The molecule has 0 aromatic heterocycles. The highest BCUT2D eigenvalue weighted by molar-refractivity contribution is 6.03. The van der Waals surface area contributed by atoms with Crippen molar-refractivity contribution in [2.45, 2.75) is 45.6 Å². The van der Waals surface area contributed by atoms with Crippen molar-refractivity contribution in [2.24, 2.45) is 0 Å². The molecule has 2 aromatic rings. The van der Waals surface area contributed by atoms with E-state index in [9.17, 15) is 9.59 Å². The number of ether oxygens (including phenoxy) is 2. The van der Waals surface area contributed by atoms with Crippen molar-refractivity contribution in [3.63, 3.8) is 0 Å². The molecule has 1 atom stereocenters. The molecule has 0 fully saturated rings. The first kappa shape index (κ1) is 20.9. The van der Waals surface area contributed by atoms with E-state index in [1.807, 2.05) is 62.4 Å². The molecule has 0 spiro atoms. The van der Waals surface area contributed by atoms with Gasteiger partial charge in [0.05, 0.1) is 12.7 Å². The van der Waals surface area contributed by atoms with Crippen molar-refractivity contribution >= 4 is 11.8 Å². The lowest BCUT2D eigenvalue weighted by Crippen LogP contribution is -2.34. The second kappa shape index (κ2) is 8.80. The number of carbonyl (C=O) groups excluding carboxylic acids is 2. The molecule has 1 aliphatic heterocycles. The van der Waals surface area contributed by atoms with Gasteiger partial charge in [-0.3, -0.25) is 4.79 Å². The molecule has 2 aliphatic rings. The predicted octanol–water partition coefficient (Wildman–Crippen LogP) is 4.71. The SMILES string of the molecule is COc1ccc(COC(=O)C2=C(C)NC3=C(C(=O)CCC3)[C@@H]2c2ccccc2C)cc1. The van der Waals surface area contributed by atoms with Crippen LogP contribution in [0.15, 0.2) is 71.1 Å². The predicted molar refractivity (Wildman–Crippen MR) is 118 cm³/mol. The Bertz CT molecular complexity index is 1080. The summed E-state index contributed by atoms with van der Waals surface area (Å²) in [5.74, 6) is 0.0440. The van der Waals surface area contributed by atoms with Crippen LogP contribution in [-0.4, -0.2) is 18.9 Å². The molecule has 1 aliphatic carbocycles. The fourth-order valence-corrected chi connectivity index (χ4v) is 4.42. The summed E-state index contributed by atoms with van der Waals surface area (Å²) in [4.78, 5) is 26.3. The minimum atomic E-state index is -0.409. The van der Waals surface area contributed by atoms with Gasteiger partial charge >= 0.3 is 5.97 Å². The van der Waals surface area contributed by atoms with Crippen molar-refractivity contribution in [1.29, 1.82) is 0 Å². The van der Waals surface area contributed by atoms with E-state index in [0.29, 0.717) is 17.6 Å². The van der Waals surface area contributed by atoms with E-state index in [0.717, 1.165) is 46.7 Å². The summed E-state index contributed by atoms with van der Waals surface area (Å²) in [6.07, 6.45) is 2.15. The number of Topliss-reactive ketones (excluding diaryl/α,β-unsaturated/α-hetero) is 1. The molecule has 0 radical (unpaired) electrons. The Balaban J connectivity index is 1.67. The third-order valence-electron chi connectivity index (χ3n) is 6.02. The number of aryl methyl sites for hydroxylation is 1. The monoisotopic (exact) mass is 417 g/mol. The van der Waals surface area contributed by atoms with Gasteiger partial charge in [0, 0.05) is 29.3 Å². The van der Waals surface area contributed by atoms with Crippen LogP contribution in [0.5, 0.6) is 5.75 Å². The molecule has 2 aromatic carbocycles. The van der Waals surface area contributed by atoms with E-state index >= 15 is 0 Å². The van der Waals surface area contributed by atoms with Gasteiger partial charge in [-0.25, -0.2) is 4.79 Å². The maximum atomic E-state index is 13.3. The molecule has 31 heavy (non-hydrogen) atoms. The number of methoxy groups -OCH3 is 1. The Kier molecular flexibility index (Phi) is 5.94. The number of dihydropyridines is 1. The fraction of sp³-hybridized carbons (Fsp3) is 0.308. The van der Waals surface area contributed by atoms with Gasteiger partial charge < -0.3 is 14.8 Å². The molecule has 5 heteroatoms. The lowest BCUT2D eigenvalue weighted by atomic mass is 9.74. The highest BCUT2D eigenvalue weighted by Crippen LogP contribution is 2.43. The van der Waals surface area contributed by atoms with E-state index in [1.165, 1.54) is 0 Å². The van der Waals surface area contributed by atoms with Crippen LogP contribution in [0.1, 0.15) is 48.8 Å². The van der Waals surface area contributed by atoms with Gasteiger partial charge in [-0.1, -0.05) is 36.4 Å². The van der Waals surface area contributed by atoms with Crippen molar-refractivity contribution in [3.8, 4) is 5.75 Å². The number of hydrogen-bond donors (Lipinski definition) is 1. The largest absolute Gasteiger partial charge is 0.497 e. The average molecular weight is 418 g/mol. The van der Waals surface area contributed by atoms with Crippen molar-refractivity contribution in [1.82, 2.24) is 5.32 Å². The molecule has 4 rings (SSSR count). The highest BCUT2D eigenvalue weighted by Gasteiger charge is 2.39. The number of carbonyl (C=O) groups is 2. The maximum Gasteiger partial charge on any atom is 0.337 e. The topological polar surface area (TPSA) is 64.6 Å². The normalized spacial score (nSPS) is 18.4. The van der Waals surface area contributed by atoms with Gasteiger partial charge in [-0.2, -0.15) is 0 Å². The molecule has 160 valence electrons. The molecule has 0 saturated carbocycles. The van der Waals surface area contributed by atoms with Crippen LogP contribution in [0.25, 0.3) is 0 Å². The zero-order chi connectivity index (χ0) is 22.0. The molecule has 5 nitrogen and oxygen atoms in total. The average Bonchev–Trinajstić information content (AvgIpc) is 2.77. The molecule has 1 N–H and O–H groups in total. The molecule has 0 bridgehead atoms. The summed E-state index contributed by atoms with van der Waals surface area (Å²) in [5.41, 5.74) is 5.81. The van der Waals surface area contributed by atoms with E-state index in [4.69, 9.17) is 9.47 Å². The first-order valence-corrected chi connectivity index (χ1v) is 10.6. The number of esters is 1. The number of benzene rings is 2. The van der Waals surface area contributed by atoms with E-state index in [2.05, 4.69) is 5.32 Å². The molecule has 0 unspecified atom stereocenters. The minimum Gasteiger partial charge on any atom is -0.497 e. The summed E-state index contributed by atoms with van der Waals surface area (Å²) < 4.78 is 10.9. The van der Waals surface area contributed by atoms with Crippen LogP contribution >= 0.6 is 0 Å². The minimum absolute atomic E-state index is 0.106. The second-order valence-corrected chi connectivity index (χ2v) is 8.05. The Morgan fingerprint density at radius 3 is 2.52 bits per heavy atom. The highest BCUT2D eigenvalue weighted by atomic mass is 16.5. The number of allylic oxidation sites excluding steroid dienone is 3. The lowest BCUT2D eigenvalue weighted by molar-refractivity contribution is -0.140. The summed E-state index contributed by atoms with van der Waals surface area (Å²) in [6.45, 7) is 4.05. The Labute approximate surface area is 182 Å². The molecule has 0 saturated heterocycles. The quantitative estimate of drug-likeness (QED) is 0.714. The van der Waals surface area contributed by atoms with Gasteiger partial charge in [0.15, 0.2) is 5.78 Å². The van der Waals surface area contributed by atoms with Crippen LogP contribution in [0.4, 0.5) is 0 Å². The maximum absolute atomic E-state index is 13.3. The van der Waals surface area contributed by atoms with Crippen LogP contribution in [-0.2, 0) is 20.9 Å². The van der Waals surface area contributed by atoms with Crippen molar-refractivity contribution < 1.29 is 19.1 Å². The zero-order valence-electron chi connectivity index (χ0n) is 18.2. The third-order valence-corrected chi connectivity index (χ3v) is 6.02. The molecule has 1 heterocycles. The Hall–Kier alpha value is -3.34. The second-order valence-electron chi connectivity index (χ2n) is 8.05. The van der Waals surface area contributed by atoms with Crippen LogP contribution in [0.3, 0.4) is 0 Å². The molecular formula is C26H27NO4. The lowest BCUT2D eigenvalue weighted by Gasteiger charge is -2.34. The summed E-state index contributed by atoms with van der Waals surface area (Å²) in [5, 5.41) is 3.33. The van der Waals surface area contributed by atoms with Crippen molar-refractivity contribution in [2.75, 3.05) is 7.11 Å². The van der Waals surface area contributed by atoms with E-state index in [1.54, 1.807) is 7.11 Å². The van der Waals surface area contributed by atoms with Crippen molar-refractivity contribution in [3.05, 3.63) is 87.8 Å². The van der Waals surface area contributed by atoms with Crippen LogP contribution in [0.2, 0.25) is 0 Å². The summed E-state index contributed by atoms with van der Waals surface area (Å²) in [7, 11) is 1.61. The van der Waals surface area contributed by atoms with Gasteiger partial charge in [-0.05, 0) is 55.5 Å². The number of rotatable bonds is 5. The van der Waals surface area contributed by atoms with E-state index < -0.39 is 11.9 Å². The first-order valence-electron chi connectivity index (χ1n) is 10.6. The summed E-state index contributed by atoms with van der Waals surface area (Å²) >= 11 is 0. The number of hydrogen-bond acceptors (Lipinski definition) is 5. The molecular weight excluding hydrogens is 390 g/mol. The van der Waals surface area contributed by atoms with Gasteiger partial charge in [0.25, 0.3) is 0 Å². The third kappa shape index (κ3) is 4.13. The van der Waals surface area contributed by atoms with Gasteiger partial charge in [0.2, 0.25) is 0 Å². The fourth-order valence-electron chi connectivity index (χ4n) is 4.42.